The quantitative estimate of drug-likeness (QED) is 0.482. The largest absolute Gasteiger partial charge is 0.461 e. The molecule has 2 rings (SSSR count). The summed E-state index contributed by atoms with van der Waals surface area (Å²) in [6, 6.07) is 18.5. The molecule has 0 fully saturated rings. The molecule has 0 aliphatic rings. The Balaban J connectivity index is 0.00000151. The predicted molar refractivity (Wildman–Crippen MR) is 107 cm³/mol. The zero-order chi connectivity index (χ0) is 18.7. The second-order valence-corrected chi connectivity index (χ2v) is 6.40. The summed E-state index contributed by atoms with van der Waals surface area (Å²) in [5.41, 5.74) is 2.41. The second-order valence-electron chi connectivity index (χ2n) is 6.40. The van der Waals surface area contributed by atoms with E-state index in [2.05, 4.69) is 32.9 Å². The van der Waals surface area contributed by atoms with Gasteiger partial charge in [0.25, 0.3) is 0 Å². The molecule has 0 aromatic heterocycles. The average Bonchev–Trinajstić information content (AvgIpc) is 2.67. The first kappa shape index (κ1) is 21.2. The van der Waals surface area contributed by atoms with Gasteiger partial charge in [-0.15, -0.1) is 0 Å². The Hall–Kier alpha value is -1.80. The third-order valence-electron chi connectivity index (χ3n) is 4.13. The molecular formula is C23H34O2. The molecule has 0 saturated heterocycles. The van der Waals surface area contributed by atoms with Crippen LogP contribution >= 0.6 is 0 Å². The maximum atomic E-state index is 5.98. The summed E-state index contributed by atoms with van der Waals surface area (Å²) in [5, 5.41) is 0. The Labute approximate surface area is 154 Å². The molecule has 2 unspecified atom stereocenters. The third-order valence-corrected chi connectivity index (χ3v) is 4.13. The summed E-state index contributed by atoms with van der Waals surface area (Å²) >= 11 is 0. The Morgan fingerprint density at radius 2 is 1.44 bits per heavy atom. The van der Waals surface area contributed by atoms with Crippen LogP contribution in [-0.4, -0.2) is 7.11 Å². The van der Waals surface area contributed by atoms with E-state index in [4.69, 9.17) is 9.47 Å². The highest BCUT2D eigenvalue weighted by Crippen LogP contribution is 2.29. The van der Waals surface area contributed by atoms with E-state index in [1.807, 2.05) is 56.3 Å². The molecule has 2 aromatic carbocycles. The fourth-order valence-electron chi connectivity index (χ4n) is 2.91. The van der Waals surface area contributed by atoms with Crippen molar-refractivity contribution in [2.24, 2.45) is 5.92 Å². The number of ether oxygens (including phenoxy) is 2. The minimum absolute atomic E-state index is 0.375. The lowest BCUT2D eigenvalue weighted by molar-refractivity contribution is -0.0562. The van der Waals surface area contributed by atoms with Gasteiger partial charge in [0.1, 0.15) is 5.75 Å². The van der Waals surface area contributed by atoms with Gasteiger partial charge in [-0.2, -0.15) is 0 Å². The summed E-state index contributed by atoms with van der Waals surface area (Å²) in [5.74, 6) is 2.17. The van der Waals surface area contributed by atoms with Crippen LogP contribution in [0.3, 0.4) is 0 Å². The summed E-state index contributed by atoms with van der Waals surface area (Å²) in [6.07, 6.45) is 2.02. The van der Waals surface area contributed by atoms with Crippen molar-refractivity contribution in [3.63, 3.8) is 0 Å². The standard InChI is InChI=1S/C21H28O2.C2H6/c1-5-17(15-16(2)3)18-11-13-20(14-12-18)23-21(22-4)19-9-7-6-8-10-19;1-2/h6-14,16-17,21H,5,15H2,1-4H3;1-2H3. The maximum Gasteiger partial charge on any atom is 0.226 e. The van der Waals surface area contributed by atoms with Crippen LogP contribution in [0.25, 0.3) is 0 Å². The minimum Gasteiger partial charge on any atom is -0.461 e. The number of hydrogen-bond donors (Lipinski definition) is 0. The molecule has 0 spiro atoms. The molecule has 0 N–H and O–H groups in total. The van der Waals surface area contributed by atoms with Crippen LogP contribution in [0, 0.1) is 5.92 Å². The van der Waals surface area contributed by atoms with E-state index in [9.17, 15) is 0 Å². The molecule has 2 nitrogen and oxygen atoms in total. The highest BCUT2D eigenvalue weighted by molar-refractivity contribution is 5.30. The zero-order valence-electron chi connectivity index (χ0n) is 16.7. The van der Waals surface area contributed by atoms with Crippen LogP contribution in [-0.2, 0) is 4.74 Å². The summed E-state index contributed by atoms with van der Waals surface area (Å²) in [7, 11) is 1.67. The van der Waals surface area contributed by atoms with Gasteiger partial charge < -0.3 is 9.47 Å². The van der Waals surface area contributed by atoms with Gasteiger partial charge in [-0.3, -0.25) is 0 Å². The van der Waals surface area contributed by atoms with E-state index in [1.165, 1.54) is 18.4 Å². The van der Waals surface area contributed by atoms with Crippen molar-refractivity contribution in [2.45, 2.75) is 59.7 Å². The van der Waals surface area contributed by atoms with Crippen LogP contribution < -0.4 is 4.74 Å². The van der Waals surface area contributed by atoms with Gasteiger partial charge in [0.05, 0.1) is 0 Å². The Morgan fingerprint density at radius 1 is 0.840 bits per heavy atom. The molecule has 2 aromatic rings. The van der Waals surface area contributed by atoms with E-state index in [0.29, 0.717) is 11.8 Å². The molecule has 0 aliphatic carbocycles. The summed E-state index contributed by atoms with van der Waals surface area (Å²) in [6.45, 7) is 10.8. The van der Waals surface area contributed by atoms with Gasteiger partial charge in [0, 0.05) is 12.7 Å². The summed E-state index contributed by atoms with van der Waals surface area (Å²) in [4.78, 5) is 0. The van der Waals surface area contributed by atoms with E-state index in [0.717, 1.165) is 11.3 Å². The van der Waals surface area contributed by atoms with Crippen molar-refractivity contribution >= 4 is 0 Å². The highest BCUT2D eigenvalue weighted by atomic mass is 16.7. The number of hydrogen-bond acceptors (Lipinski definition) is 2. The molecular weight excluding hydrogens is 308 g/mol. The van der Waals surface area contributed by atoms with Gasteiger partial charge in [0.2, 0.25) is 6.29 Å². The molecule has 0 saturated carbocycles. The minimum atomic E-state index is -0.375. The lowest BCUT2D eigenvalue weighted by Crippen LogP contribution is -2.09. The average molecular weight is 343 g/mol. The highest BCUT2D eigenvalue weighted by Gasteiger charge is 2.14. The normalized spacial score (nSPS) is 12.9. The lowest BCUT2D eigenvalue weighted by Gasteiger charge is -2.20. The van der Waals surface area contributed by atoms with Gasteiger partial charge in [0.15, 0.2) is 0 Å². The van der Waals surface area contributed by atoms with Gasteiger partial charge in [-0.1, -0.05) is 77.1 Å². The van der Waals surface area contributed by atoms with Crippen LogP contribution in [0.2, 0.25) is 0 Å². The predicted octanol–water partition coefficient (Wildman–Crippen LogP) is 6.98. The lowest BCUT2D eigenvalue weighted by atomic mass is 9.88. The molecule has 0 amide bonds. The number of methoxy groups -OCH3 is 1. The number of benzene rings is 2. The second kappa shape index (κ2) is 11.7. The van der Waals surface area contributed by atoms with Crippen molar-refractivity contribution in [3.05, 3.63) is 65.7 Å². The van der Waals surface area contributed by atoms with Crippen LogP contribution in [0.4, 0.5) is 0 Å². The molecule has 0 radical (unpaired) electrons. The monoisotopic (exact) mass is 342 g/mol. The SMILES string of the molecule is CC.CCC(CC(C)C)c1ccc(OC(OC)c2ccccc2)cc1. The van der Waals surface area contributed by atoms with Gasteiger partial charge in [-0.25, -0.2) is 0 Å². The fourth-order valence-corrected chi connectivity index (χ4v) is 2.91. The summed E-state index contributed by atoms with van der Waals surface area (Å²) < 4.78 is 11.4. The van der Waals surface area contributed by atoms with Crippen molar-refractivity contribution in [3.8, 4) is 5.75 Å². The first-order chi connectivity index (χ1) is 12.1. The zero-order valence-corrected chi connectivity index (χ0v) is 16.7. The van der Waals surface area contributed by atoms with Crippen molar-refractivity contribution in [1.29, 1.82) is 0 Å². The first-order valence-electron chi connectivity index (χ1n) is 9.48. The van der Waals surface area contributed by atoms with Crippen LogP contribution in [0.15, 0.2) is 54.6 Å². The Kier molecular flexibility index (Phi) is 9.94. The smallest absolute Gasteiger partial charge is 0.226 e. The van der Waals surface area contributed by atoms with Gasteiger partial charge in [-0.05, 0) is 42.4 Å². The van der Waals surface area contributed by atoms with Crippen molar-refractivity contribution in [2.75, 3.05) is 7.11 Å². The third kappa shape index (κ3) is 6.91. The van der Waals surface area contributed by atoms with E-state index in [-0.39, 0.29) is 6.29 Å². The van der Waals surface area contributed by atoms with E-state index < -0.39 is 0 Å². The van der Waals surface area contributed by atoms with E-state index >= 15 is 0 Å². The Morgan fingerprint density at radius 3 is 1.92 bits per heavy atom. The molecule has 138 valence electrons. The fraction of sp³-hybridized carbons (Fsp3) is 0.478. The number of rotatable bonds is 8. The van der Waals surface area contributed by atoms with E-state index in [1.54, 1.807) is 7.11 Å². The van der Waals surface area contributed by atoms with Crippen LogP contribution in [0.1, 0.15) is 70.8 Å². The molecule has 0 heterocycles. The molecule has 0 bridgehead atoms. The van der Waals surface area contributed by atoms with Crippen molar-refractivity contribution in [1.82, 2.24) is 0 Å². The first-order valence-corrected chi connectivity index (χ1v) is 9.48. The molecule has 2 heteroatoms. The molecule has 0 aliphatic heterocycles. The topological polar surface area (TPSA) is 18.5 Å². The Bertz CT molecular complexity index is 560. The van der Waals surface area contributed by atoms with Crippen LogP contribution in [0.5, 0.6) is 5.75 Å². The maximum absolute atomic E-state index is 5.98. The molecule has 2 atom stereocenters. The molecule has 25 heavy (non-hydrogen) atoms. The van der Waals surface area contributed by atoms with Gasteiger partial charge >= 0.3 is 0 Å². The van der Waals surface area contributed by atoms with Crippen molar-refractivity contribution < 1.29 is 9.47 Å².